The van der Waals surface area contributed by atoms with Crippen LogP contribution in [0, 0.1) is 13.8 Å². The summed E-state index contributed by atoms with van der Waals surface area (Å²) in [4.78, 5) is 4.37. The van der Waals surface area contributed by atoms with Crippen LogP contribution in [0.15, 0.2) is 36.5 Å². The minimum atomic E-state index is 0.684. The Morgan fingerprint density at radius 3 is 2.65 bits per heavy atom. The first kappa shape index (κ1) is 13.1. The van der Waals surface area contributed by atoms with Crippen molar-refractivity contribution in [1.29, 1.82) is 0 Å². The maximum absolute atomic E-state index is 6.02. The van der Waals surface area contributed by atoms with Gasteiger partial charge in [0, 0.05) is 36.1 Å². The third-order valence-electron chi connectivity index (χ3n) is 3.49. The Morgan fingerprint density at radius 1 is 1.20 bits per heavy atom. The zero-order valence-electron chi connectivity index (χ0n) is 12.0. The van der Waals surface area contributed by atoms with E-state index in [0.29, 0.717) is 6.04 Å². The molecule has 104 valence electrons. The Balaban J connectivity index is 1.78. The molecule has 1 heterocycles. The van der Waals surface area contributed by atoms with Crippen LogP contribution in [0.2, 0.25) is 0 Å². The van der Waals surface area contributed by atoms with Crippen LogP contribution in [0.5, 0.6) is 11.5 Å². The molecule has 3 nitrogen and oxygen atoms in total. The maximum atomic E-state index is 6.02. The molecule has 2 aromatic rings. The molecular formula is C17H20N2O. The predicted molar refractivity (Wildman–Crippen MR) is 80.1 cm³/mol. The first-order valence-electron chi connectivity index (χ1n) is 7.14. The molecule has 1 aliphatic carbocycles. The van der Waals surface area contributed by atoms with Gasteiger partial charge in [0.05, 0.1) is 0 Å². The summed E-state index contributed by atoms with van der Waals surface area (Å²) in [6.45, 7) is 4.88. The summed E-state index contributed by atoms with van der Waals surface area (Å²) < 4.78 is 6.02. The smallest absolute Gasteiger partial charge is 0.135 e. The first-order valence-corrected chi connectivity index (χ1v) is 7.14. The van der Waals surface area contributed by atoms with Crippen LogP contribution in [-0.4, -0.2) is 11.0 Å². The third-order valence-corrected chi connectivity index (χ3v) is 3.49. The van der Waals surface area contributed by atoms with Crippen LogP contribution in [0.1, 0.15) is 29.7 Å². The van der Waals surface area contributed by atoms with Gasteiger partial charge in [-0.3, -0.25) is 4.98 Å². The Bertz CT molecular complexity index is 588. The van der Waals surface area contributed by atoms with Crippen LogP contribution in [0.3, 0.4) is 0 Å². The number of hydrogen-bond donors (Lipinski definition) is 1. The number of pyridine rings is 1. The summed E-state index contributed by atoms with van der Waals surface area (Å²) in [5, 5.41) is 3.51. The van der Waals surface area contributed by atoms with Crippen molar-refractivity contribution in [3.8, 4) is 11.5 Å². The quantitative estimate of drug-likeness (QED) is 0.897. The second-order valence-electron chi connectivity index (χ2n) is 5.50. The molecule has 1 aromatic carbocycles. The molecule has 0 atom stereocenters. The van der Waals surface area contributed by atoms with Crippen molar-refractivity contribution in [2.45, 2.75) is 39.3 Å². The lowest BCUT2D eigenvalue weighted by Crippen LogP contribution is -2.16. The van der Waals surface area contributed by atoms with Gasteiger partial charge in [-0.05, 0) is 38.8 Å². The number of benzene rings is 1. The van der Waals surface area contributed by atoms with Crippen molar-refractivity contribution in [2.24, 2.45) is 0 Å². The molecule has 3 heteroatoms. The molecule has 20 heavy (non-hydrogen) atoms. The average molecular weight is 268 g/mol. The van der Waals surface area contributed by atoms with Crippen molar-refractivity contribution >= 4 is 0 Å². The van der Waals surface area contributed by atoms with Crippen molar-refractivity contribution in [1.82, 2.24) is 10.3 Å². The van der Waals surface area contributed by atoms with E-state index in [4.69, 9.17) is 4.74 Å². The van der Waals surface area contributed by atoms with Gasteiger partial charge in [0.15, 0.2) is 0 Å². The number of nitrogens with zero attached hydrogens (tertiary/aromatic N) is 1. The van der Waals surface area contributed by atoms with Crippen molar-refractivity contribution < 1.29 is 4.74 Å². The van der Waals surface area contributed by atoms with Crippen molar-refractivity contribution in [3.05, 3.63) is 53.3 Å². The van der Waals surface area contributed by atoms with Gasteiger partial charge >= 0.3 is 0 Å². The molecule has 0 unspecified atom stereocenters. The Hall–Kier alpha value is -1.87. The summed E-state index contributed by atoms with van der Waals surface area (Å²) in [6.07, 6.45) is 4.48. The normalized spacial score (nSPS) is 14.3. The first-order chi connectivity index (χ1) is 9.70. The Morgan fingerprint density at radius 2 is 1.95 bits per heavy atom. The fraction of sp³-hybridized carbons (Fsp3) is 0.353. The standard InChI is InChI=1S/C17H20N2O/c1-12-3-7-16(8-4-12)20-17-9-13(2)18-10-14(17)11-19-15-5-6-15/h3-4,7-10,15,19H,5-6,11H2,1-2H3. The minimum Gasteiger partial charge on any atom is -0.457 e. The zero-order valence-corrected chi connectivity index (χ0v) is 12.0. The lowest BCUT2D eigenvalue weighted by molar-refractivity contribution is 0.470. The minimum absolute atomic E-state index is 0.684. The van der Waals surface area contributed by atoms with Crippen LogP contribution >= 0.6 is 0 Å². The van der Waals surface area contributed by atoms with Gasteiger partial charge in [-0.15, -0.1) is 0 Å². The van der Waals surface area contributed by atoms with Crippen LogP contribution < -0.4 is 10.1 Å². The lowest BCUT2D eigenvalue weighted by atomic mass is 10.2. The van der Waals surface area contributed by atoms with Crippen molar-refractivity contribution in [2.75, 3.05) is 0 Å². The monoisotopic (exact) mass is 268 g/mol. The molecule has 0 saturated heterocycles. The van der Waals surface area contributed by atoms with Gasteiger partial charge in [0.2, 0.25) is 0 Å². The number of rotatable bonds is 5. The van der Waals surface area contributed by atoms with Crippen LogP contribution in [0.4, 0.5) is 0 Å². The van der Waals surface area contributed by atoms with E-state index in [1.165, 1.54) is 18.4 Å². The summed E-state index contributed by atoms with van der Waals surface area (Å²) in [5.74, 6) is 1.77. The Kier molecular flexibility index (Phi) is 3.70. The van der Waals surface area contributed by atoms with E-state index in [1.54, 1.807) is 0 Å². The van der Waals surface area contributed by atoms with E-state index in [9.17, 15) is 0 Å². The Labute approximate surface area is 120 Å². The zero-order chi connectivity index (χ0) is 13.9. The molecule has 1 saturated carbocycles. The summed E-state index contributed by atoms with van der Waals surface area (Å²) >= 11 is 0. The number of nitrogens with one attached hydrogen (secondary N) is 1. The SMILES string of the molecule is Cc1ccc(Oc2cc(C)ncc2CNC2CC2)cc1. The van der Waals surface area contributed by atoms with Crippen LogP contribution in [0.25, 0.3) is 0 Å². The molecule has 1 fully saturated rings. The number of hydrogen-bond acceptors (Lipinski definition) is 3. The molecule has 0 amide bonds. The molecule has 1 N–H and O–H groups in total. The van der Waals surface area contributed by atoms with Crippen molar-refractivity contribution in [3.63, 3.8) is 0 Å². The van der Waals surface area contributed by atoms with Gasteiger partial charge in [-0.2, -0.15) is 0 Å². The van der Waals surface area contributed by atoms with Gasteiger partial charge in [-0.25, -0.2) is 0 Å². The second kappa shape index (κ2) is 5.63. The predicted octanol–water partition coefficient (Wildman–Crippen LogP) is 3.74. The van der Waals surface area contributed by atoms with Gasteiger partial charge in [-0.1, -0.05) is 17.7 Å². The van der Waals surface area contributed by atoms with Crippen LogP contribution in [-0.2, 0) is 6.54 Å². The number of aryl methyl sites for hydroxylation is 2. The van der Waals surface area contributed by atoms with E-state index in [2.05, 4.69) is 29.4 Å². The number of aromatic nitrogens is 1. The van der Waals surface area contributed by atoms with E-state index in [0.717, 1.165) is 29.3 Å². The highest BCUT2D eigenvalue weighted by atomic mass is 16.5. The topological polar surface area (TPSA) is 34.1 Å². The molecule has 0 aliphatic heterocycles. The fourth-order valence-electron chi connectivity index (χ4n) is 2.07. The molecular weight excluding hydrogens is 248 g/mol. The molecule has 1 aromatic heterocycles. The molecule has 0 spiro atoms. The molecule has 0 radical (unpaired) electrons. The summed E-state index contributed by atoms with van der Waals surface area (Å²) in [5.41, 5.74) is 3.32. The average Bonchev–Trinajstić information content (AvgIpc) is 3.25. The highest BCUT2D eigenvalue weighted by Crippen LogP contribution is 2.27. The third kappa shape index (κ3) is 3.36. The van der Waals surface area contributed by atoms with Gasteiger partial charge in [0.1, 0.15) is 11.5 Å². The van der Waals surface area contributed by atoms with E-state index in [-0.39, 0.29) is 0 Å². The van der Waals surface area contributed by atoms with Gasteiger partial charge in [0.25, 0.3) is 0 Å². The highest BCUT2D eigenvalue weighted by Gasteiger charge is 2.20. The van der Waals surface area contributed by atoms with E-state index >= 15 is 0 Å². The summed E-state index contributed by atoms with van der Waals surface area (Å²) in [6, 6.07) is 10.8. The summed E-state index contributed by atoms with van der Waals surface area (Å²) in [7, 11) is 0. The second-order valence-corrected chi connectivity index (χ2v) is 5.50. The highest BCUT2D eigenvalue weighted by molar-refractivity contribution is 5.38. The number of ether oxygens (including phenoxy) is 1. The fourth-order valence-corrected chi connectivity index (χ4v) is 2.07. The largest absolute Gasteiger partial charge is 0.457 e. The molecule has 0 bridgehead atoms. The van der Waals surface area contributed by atoms with Gasteiger partial charge < -0.3 is 10.1 Å². The molecule has 1 aliphatic rings. The lowest BCUT2D eigenvalue weighted by Gasteiger charge is -2.12. The molecule has 3 rings (SSSR count). The maximum Gasteiger partial charge on any atom is 0.135 e. The van der Waals surface area contributed by atoms with E-state index in [1.807, 2.05) is 31.3 Å². The van der Waals surface area contributed by atoms with E-state index < -0.39 is 0 Å².